The van der Waals surface area contributed by atoms with E-state index < -0.39 is 0 Å². The van der Waals surface area contributed by atoms with Crippen LogP contribution in [0.1, 0.15) is 12.0 Å². The molecule has 2 aromatic rings. The number of methoxy groups -OCH3 is 1. The fourth-order valence-corrected chi connectivity index (χ4v) is 2.65. The van der Waals surface area contributed by atoms with Crippen LogP contribution in [0, 0.1) is 0 Å². The monoisotopic (exact) mass is 284 g/mol. The third-order valence-corrected chi connectivity index (χ3v) is 3.77. The molecular weight excluding hydrogens is 264 g/mol. The highest BCUT2D eigenvalue weighted by atomic mass is 32.1. The summed E-state index contributed by atoms with van der Waals surface area (Å²) in [6.07, 6.45) is 2.94. The number of hydrogen-bond donors (Lipinski definition) is 3. The van der Waals surface area contributed by atoms with E-state index in [1.54, 1.807) is 18.4 Å². The van der Waals surface area contributed by atoms with Crippen LogP contribution in [0.5, 0.6) is 0 Å². The molecule has 0 aliphatic carbocycles. The summed E-state index contributed by atoms with van der Waals surface area (Å²) in [6, 6.07) is 0. The molecule has 0 amide bonds. The van der Waals surface area contributed by atoms with Crippen LogP contribution >= 0.6 is 11.3 Å². The molecule has 1 atom stereocenters. The van der Waals surface area contributed by atoms with Crippen molar-refractivity contribution in [3.05, 3.63) is 17.3 Å². The van der Waals surface area contributed by atoms with E-state index in [2.05, 4.69) is 15.7 Å². The van der Waals surface area contributed by atoms with Gasteiger partial charge in [0, 0.05) is 7.11 Å². The van der Waals surface area contributed by atoms with Crippen molar-refractivity contribution < 1.29 is 9.84 Å². The number of aliphatic hydroxyl groups excluding tert-OH is 1. The van der Waals surface area contributed by atoms with Gasteiger partial charge in [-0.15, -0.1) is 11.3 Å². The molecule has 2 aromatic heterocycles. The summed E-state index contributed by atoms with van der Waals surface area (Å²) in [5.41, 5.74) is 12.3. The average molecular weight is 284 g/mol. The normalized spacial score (nSPS) is 12.0. The predicted octanol–water partition coefficient (Wildman–Crippen LogP) is 0.788. The number of aromatic nitrogens is 2. The lowest BCUT2D eigenvalue weighted by Crippen LogP contribution is -2.16. The van der Waals surface area contributed by atoms with Crippen molar-refractivity contribution in [2.45, 2.75) is 18.9 Å². The topological polar surface area (TPSA) is 107 Å². The van der Waals surface area contributed by atoms with Gasteiger partial charge in [-0.05, 0) is 30.8 Å². The van der Waals surface area contributed by atoms with Gasteiger partial charge in [0.05, 0.1) is 22.9 Å². The summed E-state index contributed by atoms with van der Waals surface area (Å²) in [7, 11) is 3.10. The molecule has 0 fully saturated rings. The number of thiophene rings is 1. The summed E-state index contributed by atoms with van der Waals surface area (Å²) in [6.45, 7) is 0.0374. The number of fused-ring (bicyclic) bond motifs is 1. The third kappa shape index (κ3) is 3.84. The van der Waals surface area contributed by atoms with E-state index in [1.807, 2.05) is 5.38 Å². The van der Waals surface area contributed by atoms with Crippen LogP contribution in [-0.2, 0) is 11.2 Å². The lowest BCUT2D eigenvalue weighted by Gasteiger charge is -2.10. The summed E-state index contributed by atoms with van der Waals surface area (Å²) in [5.74, 6) is 0.525. The molecule has 2 rings (SSSR count). The number of anilines is 1. The van der Waals surface area contributed by atoms with Crippen LogP contribution in [-0.4, -0.2) is 41.9 Å². The van der Waals surface area contributed by atoms with E-state index in [4.69, 9.17) is 15.6 Å². The lowest BCUT2D eigenvalue weighted by atomic mass is 10.1. The van der Waals surface area contributed by atoms with Crippen molar-refractivity contribution in [1.29, 1.82) is 0 Å². The number of nitrogens with two attached hydrogens (primary N) is 2. The second-order valence-electron chi connectivity index (χ2n) is 3.78. The molecule has 6 nitrogen and oxygen atoms in total. The van der Waals surface area contributed by atoms with E-state index >= 15 is 0 Å². The number of nitrogens with zero attached hydrogens (tertiary/aromatic N) is 2. The maximum Gasteiger partial charge on any atom is 0.144 e. The first-order valence-electron chi connectivity index (χ1n) is 5.94. The highest BCUT2D eigenvalue weighted by Crippen LogP contribution is 2.28. The first-order chi connectivity index (χ1) is 9.26. The third-order valence-electron chi connectivity index (χ3n) is 2.73. The molecule has 0 aliphatic heterocycles. The Morgan fingerprint density at radius 3 is 2.79 bits per heavy atom. The molecule has 1 unspecified atom stereocenters. The van der Waals surface area contributed by atoms with Crippen LogP contribution in [0.2, 0.25) is 0 Å². The molecule has 2 heterocycles. The Morgan fingerprint density at radius 2 is 2.16 bits per heavy atom. The number of aryl methyl sites for hydroxylation is 1. The standard InChI is InChI=1S/C11H15N3O2S.CH5N/c1-16-8(4-15)3-2-7-5-17-10-9(7)13-6-14-11(10)12;1-2/h5-6,8,15H,2-4H2,1H3,(H2,12,13,14);2H2,1H3. The van der Waals surface area contributed by atoms with Gasteiger partial charge in [0.1, 0.15) is 12.1 Å². The van der Waals surface area contributed by atoms with Gasteiger partial charge < -0.3 is 21.3 Å². The number of hydrogen-bond acceptors (Lipinski definition) is 7. The van der Waals surface area contributed by atoms with Gasteiger partial charge in [-0.25, -0.2) is 9.97 Å². The van der Waals surface area contributed by atoms with Crippen molar-refractivity contribution >= 4 is 27.4 Å². The molecule has 106 valence electrons. The second-order valence-corrected chi connectivity index (χ2v) is 4.66. The van der Waals surface area contributed by atoms with Gasteiger partial charge in [0.2, 0.25) is 0 Å². The Bertz CT molecular complexity index is 499. The van der Waals surface area contributed by atoms with E-state index in [9.17, 15) is 0 Å². The zero-order valence-corrected chi connectivity index (χ0v) is 12.0. The van der Waals surface area contributed by atoms with Crippen molar-refractivity contribution in [2.24, 2.45) is 5.73 Å². The number of rotatable bonds is 5. The Morgan fingerprint density at radius 1 is 1.42 bits per heavy atom. The van der Waals surface area contributed by atoms with E-state index in [0.717, 1.165) is 28.6 Å². The largest absolute Gasteiger partial charge is 0.394 e. The zero-order chi connectivity index (χ0) is 14.3. The quantitative estimate of drug-likeness (QED) is 0.749. The molecular formula is C12H20N4O2S. The van der Waals surface area contributed by atoms with Gasteiger partial charge in [0.15, 0.2) is 0 Å². The minimum atomic E-state index is -0.121. The molecule has 19 heavy (non-hydrogen) atoms. The number of nitrogen functional groups attached to an aromatic ring is 1. The predicted molar refractivity (Wildman–Crippen MR) is 78.1 cm³/mol. The molecule has 0 saturated heterocycles. The van der Waals surface area contributed by atoms with Gasteiger partial charge in [-0.3, -0.25) is 0 Å². The first-order valence-corrected chi connectivity index (χ1v) is 6.82. The molecule has 0 aromatic carbocycles. The molecule has 0 saturated carbocycles. The summed E-state index contributed by atoms with van der Waals surface area (Å²) < 4.78 is 6.06. The molecule has 5 N–H and O–H groups in total. The van der Waals surface area contributed by atoms with Gasteiger partial charge in [-0.1, -0.05) is 0 Å². The molecule has 0 radical (unpaired) electrons. The average Bonchev–Trinajstić information content (AvgIpc) is 2.87. The van der Waals surface area contributed by atoms with Gasteiger partial charge >= 0.3 is 0 Å². The Hall–Kier alpha value is -1.28. The summed E-state index contributed by atoms with van der Waals surface area (Å²) in [5, 5.41) is 11.1. The maximum absolute atomic E-state index is 9.04. The first kappa shape index (κ1) is 15.8. The zero-order valence-electron chi connectivity index (χ0n) is 11.2. The van der Waals surface area contributed by atoms with E-state index in [1.165, 1.54) is 13.4 Å². The number of aliphatic hydroxyl groups is 1. The van der Waals surface area contributed by atoms with Crippen LogP contribution < -0.4 is 11.5 Å². The maximum atomic E-state index is 9.04. The van der Waals surface area contributed by atoms with Gasteiger partial charge in [-0.2, -0.15) is 0 Å². The number of ether oxygens (including phenoxy) is 1. The van der Waals surface area contributed by atoms with Crippen molar-refractivity contribution in [3.63, 3.8) is 0 Å². The smallest absolute Gasteiger partial charge is 0.144 e. The minimum absolute atomic E-state index is 0.0374. The summed E-state index contributed by atoms with van der Waals surface area (Å²) >= 11 is 1.55. The van der Waals surface area contributed by atoms with E-state index in [-0.39, 0.29) is 12.7 Å². The molecule has 7 heteroatoms. The lowest BCUT2D eigenvalue weighted by molar-refractivity contribution is 0.0436. The van der Waals surface area contributed by atoms with Gasteiger partial charge in [0.25, 0.3) is 0 Å². The Balaban J connectivity index is 0.000000861. The van der Waals surface area contributed by atoms with Crippen LogP contribution in [0.25, 0.3) is 10.2 Å². The molecule has 0 aliphatic rings. The highest BCUT2D eigenvalue weighted by Gasteiger charge is 2.11. The van der Waals surface area contributed by atoms with E-state index in [0.29, 0.717) is 5.82 Å². The van der Waals surface area contributed by atoms with Crippen molar-refractivity contribution in [2.75, 3.05) is 26.5 Å². The SMILES string of the molecule is CN.COC(CO)CCc1csc2c(N)ncnc12. The summed E-state index contributed by atoms with van der Waals surface area (Å²) in [4.78, 5) is 8.21. The second kappa shape index (κ2) is 8.00. The molecule has 0 bridgehead atoms. The highest BCUT2D eigenvalue weighted by molar-refractivity contribution is 7.17. The van der Waals surface area contributed by atoms with Crippen LogP contribution in [0.15, 0.2) is 11.7 Å². The van der Waals surface area contributed by atoms with Crippen LogP contribution in [0.4, 0.5) is 5.82 Å². The van der Waals surface area contributed by atoms with Crippen molar-refractivity contribution in [1.82, 2.24) is 9.97 Å². The Kier molecular flexibility index (Phi) is 6.65. The Labute approximate surface area is 116 Å². The molecule has 0 spiro atoms. The van der Waals surface area contributed by atoms with Crippen LogP contribution in [0.3, 0.4) is 0 Å². The minimum Gasteiger partial charge on any atom is -0.394 e. The van der Waals surface area contributed by atoms with Crippen molar-refractivity contribution in [3.8, 4) is 0 Å². The fraction of sp³-hybridized carbons (Fsp3) is 0.500. The fourth-order valence-electron chi connectivity index (χ4n) is 1.70.